The Labute approximate surface area is 217 Å². The van der Waals surface area contributed by atoms with Gasteiger partial charge in [0, 0.05) is 24.2 Å². The molecule has 37 heavy (non-hydrogen) atoms. The minimum atomic E-state index is -1.22. The van der Waals surface area contributed by atoms with Crippen LogP contribution in [-0.4, -0.2) is 49.3 Å². The fraction of sp³-hybridized carbons (Fsp3) is 0.360. The number of aromatic nitrogens is 3. The summed E-state index contributed by atoms with van der Waals surface area (Å²) in [5, 5.41) is 18.5. The average Bonchev–Trinajstić information content (AvgIpc) is 3.29. The number of anilines is 1. The zero-order valence-corrected chi connectivity index (χ0v) is 21.4. The van der Waals surface area contributed by atoms with Crippen molar-refractivity contribution >= 4 is 35.2 Å². The molecule has 0 saturated carbocycles. The lowest BCUT2D eigenvalue weighted by molar-refractivity contribution is -0.140. The van der Waals surface area contributed by atoms with Gasteiger partial charge in [-0.25, -0.2) is 4.98 Å². The quantitative estimate of drug-likeness (QED) is 0.285. The molecule has 0 saturated heterocycles. The van der Waals surface area contributed by atoms with E-state index in [-0.39, 0.29) is 24.5 Å². The molecule has 0 radical (unpaired) electrons. The fourth-order valence-electron chi connectivity index (χ4n) is 3.60. The highest BCUT2D eigenvalue weighted by molar-refractivity contribution is 7.99. The van der Waals surface area contributed by atoms with E-state index in [1.54, 1.807) is 19.9 Å². The number of carbonyl (C=O) groups excluding carboxylic acids is 2. The lowest BCUT2D eigenvalue weighted by Crippen LogP contribution is -2.47. The van der Waals surface area contributed by atoms with Crippen molar-refractivity contribution in [2.24, 2.45) is 0 Å². The van der Waals surface area contributed by atoms with Gasteiger partial charge in [0.25, 0.3) is 5.56 Å². The predicted molar refractivity (Wildman–Crippen MR) is 138 cm³/mol. The number of hydrogen-bond acceptors (Lipinski definition) is 9. The molecule has 1 aromatic carbocycles. The number of aryl methyl sites for hydroxylation is 1. The molecule has 3 N–H and O–H groups in total. The molecule has 196 valence electrons. The maximum Gasteiger partial charge on any atom is 0.305 e. The van der Waals surface area contributed by atoms with Crippen molar-refractivity contribution in [1.29, 1.82) is 0 Å². The third kappa shape index (κ3) is 8.04. The minimum absolute atomic E-state index is 0.0123. The van der Waals surface area contributed by atoms with Crippen molar-refractivity contribution in [1.82, 2.24) is 20.0 Å². The van der Waals surface area contributed by atoms with Gasteiger partial charge in [-0.05, 0) is 18.9 Å². The molecule has 2 atom stereocenters. The summed E-state index contributed by atoms with van der Waals surface area (Å²) < 4.78 is 6.33. The zero-order chi connectivity index (χ0) is 26.8. The summed E-state index contributed by atoms with van der Waals surface area (Å²) in [5.41, 5.74) is 1.19. The average molecular weight is 528 g/mol. The van der Waals surface area contributed by atoms with Gasteiger partial charge in [0.1, 0.15) is 6.04 Å². The first-order valence-corrected chi connectivity index (χ1v) is 12.8. The van der Waals surface area contributed by atoms with Crippen molar-refractivity contribution in [2.75, 3.05) is 11.1 Å². The van der Waals surface area contributed by atoms with Crippen LogP contribution in [0, 0.1) is 6.92 Å². The second-order valence-corrected chi connectivity index (χ2v) is 9.29. The second-order valence-electron chi connectivity index (χ2n) is 8.30. The molecule has 0 aliphatic rings. The van der Waals surface area contributed by atoms with Crippen LogP contribution < -0.4 is 16.2 Å². The summed E-state index contributed by atoms with van der Waals surface area (Å²) in [5.74, 6) is -1.10. The number of Topliss-reactive ketones (excluding diaryl/α,β-unsaturated/α-hetero) is 1. The lowest BCUT2D eigenvalue weighted by atomic mass is 10.1. The van der Waals surface area contributed by atoms with Crippen LogP contribution in [-0.2, 0) is 26.7 Å². The summed E-state index contributed by atoms with van der Waals surface area (Å²) in [7, 11) is 0. The Morgan fingerprint density at radius 2 is 1.97 bits per heavy atom. The molecule has 0 aliphatic heterocycles. The molecule has 0 bridgehead atoms. The number of benzene rings is 1. The Bertz CT molecular complexity index is 1280. The number of ketones is 1. The smallest absolute Gasteiger partial charge is 0.305 e. The Kier molecular flexibility index (Phi) is 10.0. The molecule has 1 amide bonds. The number of rotatable bonds is 14. The number of carbonyl (C=O) groups is 3. The zero-order valence-electron chi connectivity index (χ0n) is 20.5. The Hall–Kier alpha value is -3.93. The van der Waals surface area contributed by atoms with Gasteiger partial charge in [0.05, 0.1) is 30.5 Å². The minimum Gasteiger partial charge on any atom is -0.481 e. The summed E-state index contributed by atoms with van der Waals surface area (Å²) in [6.07, 6.45) is 2.43. The van der Waals surface area contributed by atoms with Crippen LogP contribution in [0.5, 0.6) is 0 Å². The molecule has 11 nitrogen and oxygen atoms in total. The number of carboxylic acid groups (broad SMARTS) is 1. The monoisotopic (exact) mass is 527 g/mol. The number of aliphatic carboxylic acids is 1. The van der Waals surface area contributed by atoms with Gasteiger partial charge in [-0.2, -0.15) is 0 Å². The summed E-state index contributed by atoms with van der Waals surface area (Å²) >= 11 is 1.34. The van der Waals surface area contributed by atoms with Gasteiger partial charge < -0.3 is 20.3 Å². The van der Waals surface area contributed by atoms with Crippen molar-refractivity contribution in [2.45, 2.75) is 51.1 Å². The molecular weight excluding hydrogens is 498 g/mol. The second kappa shape index (κ2) is 13.4. The van der Waals surface area contributed by atoms with Crippen LogP contribution in [0.2, 0.25) is 0 Å². The van der Waals surface area contributed by atoms with Crippen molar-refractivity contribution in [3.05, 3.63) is 76.2 Å². The van der Waals surface area contributed by atoms with E-state index in [9.17, 15) is 24.3 Å². The van der Waals surface area contributed by atoms with Crippen molar-refractivity contribution < 1.29 is 24.0 Å². The Morgan fingerprint density at radius 1 is 1.22 bits per heavy atom. The molecule has 12 heteroatoms. The molecule has 3 aromatic rings. The van der Waals surface area contributed by atoms with Crippen LogP contribution in [0.25, 0.3) is 0 Å². The highest BCUT2D eigenvalue weighted by Gasteiger charge is 2.28. The van der Waals surface area contributed by atoms with Gasteiger partial charge in [0.15, 0.2) is 17.4 Å². The van der Waals surface area contributed by atoms with Crippen molar-refractivity contribution in [3.8, 4) is 0 Å². The van der Waals surface area contributed by atoms with Crippen LogP contribution in [0.15, 0.2) is 58.1 Å². The van der Waals surface area contributed by atoms with Crippen LogP contribution in [0.4, 0.5) is 5.82 Å². The summed E-state index contributed by atoms with van der Waals surface area (Å²) in [6, 6.07) is 9.09. The molecular formula is C25H29N5O6S. The Balaban J connectivity index is 1.68. The highest BCUT2D eigenvalue weighted by Crippen LogP contribution is 2.15. The molecule has 2 aromatic heterocycles. The summed E-state index contributed by atoms with van der Waals surface area (Å²) in [6.45, 7) is 3.66. The fourth-order valence-corrected chi connectivity index (χ4v) is 4.54. The van der Waals surface area contributed by atoms with E-state index in [4.69, 9.17) is 4.52 Å². The number of nitrogens with one attached hydrogen (secondary N) is 2. The third-order valence-electron chi connectivity index (χ3n) is 5.44. The van der Waals surface area contributed by atoms with Crippen LogP contribution >= 0.6 is 11.8 Å². The predicted octanol–water partition coefficient (Wildman–Crippen LogP) is 2.56. The number of amides is 1. The van der Waals surface area contributed by atoms with Crippen molar-refractivity contribution in [3.63, 3.8) is 0 Å². The van der Waals surface area contributed by atoms with Gasteiger partial charge >= 0.3 is 5.97 Å². The first-order valence-electron chi connectivity index (χ1n) is 11.7. The largest absolute Gasteiger partial charge is 0.481 e. The maximum absolute atomic E-state index is 13.1. The Morgan fingerprint density at radius 3 is 2.62 bits per heavy atom. The third-order valence-corrected chi connectivity index (χ3v) is 6.47. The molecule has 0 spiro atoms. The van der Waals surface area contributed by atoms with Gasteiger partial charge in [-0.15, -0.1) is 11.8 Å². The normalized spacial score (nSPS) is 12.5. The first kappa shape index (κ1) is 27.7. The van der Waals surface area contributed by atoms with Crippen LogP contribution in [0.1, 0.15) is 42.8 Å². The van der Waals surface area contributed by atoms with Gasteiger partial charge in [0.2, 0.25) is 5.91 Å². The molecule has 3 rings (SSSR count). The van der Waals surface area contributed by atoms with Gasteiger partial charge in [-0.3, -0.25) is 23.7 Å². The summed E-state index contributed by atoms with van der Waals surface area (Å²) in [4.78, 5) is 54.4. The molecule has 0 fully saturated rings. The topological polar surface area (TPSA) is 156 Å². The van der Waals surface area contributed by atoms with E-state index in [1.807, 2.05) is 30.3 Å². The molecule has 0 aliphatic carbocycles. The van der Waals surface area contributed by atoms with E-state index in [1.165, 1.54) is 28.7 Å². The SMILES string of the molecule is CCC(C(=O)N[C@@H](CC(=O)O)C(=O)CSCc1ccccc1)n1ccnc(NCc2cc(C)no2)c1=O. The molecule has 1 unspecified atom stereocenters. The van der Waals surface area contributed by atoms with E-state index in [0.717, 1.165) is 5.56 Å². The molecule has 2 heterocycles. The van der Waals surface area contributed by atoms with Gasteiger partial charge in [-0.1, -0.05) is 42.4 Å². The van der Waals surface area contributed by atoms with E-state index >= 15 is 0 Å². The lowest BCUT2D eigenvalue weighted by Gasteiger charge is -2.22. The standard InChI is InChI=1S/C25H29N5O6S/c1-3-20(30-10-9-26-23(25(30)35)27-13-18-11-16(2)29-36-18)24(34)28-19(12-22(32)33)21(31)15-37-14-17-7-5-4-6-8-17/h4-11,19-20H,3,12-15H2,1-2H3,(H,26,27)(H,28,34)(H,32,33)/t19-,20?/m0/s1. The van der Waals surface area contributed by atoms with E-state index < -0.39 is 41.7 Å². The number of hydrogen-bond donors (Lipinski definition) is 3. The number of thioether (sulfide) groups is 1. The van der Waals surface area contributed by atoms with E-state index in [2.05, 4.69) is 20.8 Å². The number of carboxylic acids is 1. The highest BCUT2D eigenvalue weighted by atomic mass is 32.2. The first-order chi connectivity index (χ1) is 17.8. The number of nitrogens with zero attached hydrogens (tertiary/aromatic N) is 3. The van der Waals surface area contributed by atoms with Crippen LogP contribution in [0.3, 0.4) is 0 Å². The van der Waals surface area contributed by atoms with E-state index in [0.29, 0.717) is 17.2 Å². The maximum atomic E-state index is 13.1.